The molecule has 23 heavy (non-hydrogen) atoms. The van der Waals surface area contributed by atoms with Crippen molar-refractivity contribution in [3.05, 3.63) is 73.9 Å². The standard InChI is InChI=1S/C19H20N2S2/c1-2-18-20-15(13-23-18)12-21-10-8-17-16(9-11-22-17)19(21)14-6-4-3-5-7-14/h3-7,9,11,13,19H,2,8,10,12H2,1H3/t19-/m1/s1. The zero-order chi connectivity index (χ0) is 15.6. The Morgan fingerprint density at radius 1 is 1.17 bits per heavy atom. The van der Waals surface area contributed by atoms with Gasteiger partial charge in [-0.2, -0.15) is 0 Å². The van der Waals surface area contributed by atoms with E-state index in [1.54, 1.807) is 16.2 Å². The molecule has 0 radical (unpaired) electrons. The van der Waals surface area contributed by atoms with Crippen LogP contribution in [0.5, 0.6) is 0 Å². The monoisotopic (exact) mass is 340 g/mol. The van der Waals surface area contributed by atoms with Crippen LogP contribution in [0, 0.1) is 0 Å². The van der Waals surface area contributed by atoms with Gasteiger partial charge < -0.3 is 0 Å². The number of thiophene rings is 1. The van der Waals surface area contributed by atoms with Crippen LogP contribution in [0.1, 0.15) is 39.7 Å². The molecule has 0 fully saturated rings. The highest BCUT2D eigenvalue weighted by molar-refractivity contribution is 7.10. The lowest BCUT2D eigenvalue weighted by atomic mass is 9.93. The molecule has 3 heterocycles. The van der Waals surface area contributed by atoms with Gasteiger partial charge in [-0.1, -0.05) is 37.3 Å². The Hall–Kier alpha value is -1.49. The van der Waals surface area contributed by atoms with Gasteiger partial charge in [0.25, 0.3) is 0 Å². The second kappa shape index (κ2) is 6.56. The third kappa shape index (κ3) is 2.99. The lowest BCUT2D eigenvalue weighted by Gasteiger charge is -2.35. The summed E-state index contributed by atoms with van der Waals surface area (Å²) in [5, 5.41) is 5.70. The molecule has 2 aromatic heterocycles. The topological polar surface area (TPSA) is 16.1 Å². The number of benzene rings is 1. The van der Waals surface area contributed by atoms with Gasteiger partial charge in [0.1, 0.15) is 0 Å². The van der Waals surface area contributed by atoms with Gasteiger partial charge in [0.15, 0.2) is 0 Å². The molecule has 1 aromatic carbocycles. The summed E-state index contributed by atoms with van der Waals surface area (Å²) in [6, 6.07) is 13.6. The van der Waals surface area contributed by atoms with Crippen molar-refractivity contribution in [3.63, 3.8) is 0 Å². The highest BCUT2D eigenvalue weighted by Gasteiger charge is 2.29. The minimum absolute atomic E-state index is 0.359. The zero-order valence-electron chi connectivity index (χ0n) is 13.2. The molecular weight excluding hydrogens is 320 g/mol. The van der Waals surface area contributed by atoms with Crippen LogP contribution in [0.25, 0.3) is 0 Å². The Kier molecular flexibility index (Phi) is 4.29. The van der Waals surface area contributed by atoms with Gasteiger partial charge in [-0.3, -0.25) is 4.90 Å². The van der Waals surface area contributed by atoms with Crippen molar-refractivity contribution >= 4 is 22.7 Å². The average Bonchev–Trinajstić information content (AvgIpc) is 3.24. The number of aromatic nitrogens is 1. The van der Waals surface area contributed by atoms with Crippen LogP contribution < -0.4 is 0 Å². The highest BCUT2D eigenvalue weighted by Crippen LogP contribution is 2.38. The molecule has 3 aromatic rings. The smallest absolute Gasteiger partial charge is 0.0926 e. The predicted octanol–water partition coefficient (Wildman–Crippen LogP) is 4.91. The van der Waals surface area contributed by atoms with E-state index < -0.39 is 0 Å². The number of fused-ring (bicyclic) bond motifs is 1. The van der Waals surface area contributed by atoms with Crippen LogP contribution in [0.3, 0.4) is 0 Å². The molecular formula is C19H20N2S2. The van der Waals surface area contributed by atoms with E-state index in [0.717, 1.165) is 25.9 Å². The summed E-state index contributed by atoms with van der Waals surface area (Å²) in [5.41, 5.74) is 4.09. The maximum atomic E-state index is 4.77. The SMILES string of the molecule is CCc1nc(CN2CCc3sccc3[C@H]2c2ccccc2)cs1. The van der Waals surface area contributed by atoms with Gasteiger partial charge in [0.2, 0.25) is 0 Å². The Morgan fingerprint density at radius 2 is 2.04 bits per heavy atom. The lowest BCUT2D eigenvalue weighted by molar-refractivity contribution is 0.204. The summed E-state index contributed by atoms with van der Waals surface area (Å²) in [5.74, 6) is 0. The summed E-state index contributed by atoms with van der Waals surface area (Å²) in [7, 11) is 0. The Labute approximate surface area is 145 Å². The van der Waals surface area contributed by atoms with E-state index in [1.165, 1.54) is 21.8 Å². The van der Waals surface area contributed by atoms with Crippen molar-refractivity contribution in [1.82, 2.24) is 9.88 Å². The summed E-state index contributed by atoms with van der Waals surface area (Å²) in [6.45, 7) is 4.21. The van der Waals surface area contributed by atoms with Gasteiger partial charge >= 0.3 is 0 Å². The number of rotatable bonds is 4. The van der Waals surface area contributed by atoms with Crippen molar-refractivity contribution in [3.8, 4) is 0 Å². The summed E-state index contributed by atoms with van der Waals surface area (Å²) >= 11 is 3.69. The molecule has 1 atom stereocenters. The van der Waals surface area contributed by atoms with Crippen LogP contribution in [-0.4, -0.2) is 16.4 Å². The second-order valence-corrected chi connectivity index (χ2v) is 7.86. The molecule has 4 heteroatoms. The van der Waals surface area contributed by atoms with E-state index >= 15 is 0 Å². The third-order valence-electron chi connectivity index (χ3n) is 4.45. The highest BCUT2D eigenvalue weighted by atomic mass is 32.1. The normalized spacial score (nSPS) is 18.0. The number of aryl methyl sites for hydroxylation is 1. The molecule has 0 saturated carbocycles. The fraction of sp³-hybridized carbons (Fsp3) is 0.316. The second-order valence-electron chi connectivity index (χ2n) is 5.92. The van der Waals surface area contributed by atoms with Crippen molar-refractivity contribution in [2.45, 2.75) is 32.4 Å². The van der Waals surface area contributed by atoms with Crippen LogP contribution in [0.2, 0.25) is 0 Å². The molecule has 118 valence electrons. The first-order valence-corrected chi connectivity index (χ1v) is 9.89. The van der Waals surface area contributed by atoms with Crippen molar-refractivity contribution in [2.24, 2.45) is 0 Å². The summed E-state index contributed by atoms with van der Waals surface area (Å²) in [4.78, 5) is 8.90. The van der Waals surface area contributed by atoms with E-state index in [1.807, 2.05) is 11.3 Å². The minimum atomic E-state index is 0.359. The van der Waals surface area contributed by atoms with Crippen LogP contribution in [-0.2, 0) is 19.4 Å². The third-order valence-corrected chi connectivity index (χ3v) is 6.49. The minimum Gasteiger partial charge on any atom is -0.286 e. The van der Waals surface area contributed by atoms with Gasteiger partial charge in [0.05, 0.1) is 16.7 Å². The molecule has 0 amide bonds. The number of hydrogen-bond acceptors (Lipinski definition) is 4. The van der Waals surface area contributed by atoms with Crippen LogP contribution >= 0.6 is 22.7 Å². The molecule has 2 nitrogen and oxygen atoms in total. The fourth-order valence-corrected chi connectivity index (χ4v) is 5.00. The summed E-state index contributed by atoms with van der Waals surface area (Å²) in [6.07, 6.45) is 2.18. The van der Waals surface area contributed by atoms with Gasteiger partial charge in [-0.15, -0.1) is 22.7 Å². The summed E-state index contributed by atoms with van der Waals surface area (Å²) < 4.78 is 0. The number of nitrogens with zero attached hydrogens (tertiary/aromatic N) is 2. The number of thiazole rings is 1. The molecule has 0 aliphatic carbocycles. The first-order valence-electron chi connectivity index (χ1n) is 8.13. The molecule has 0 saturated heterocycles. The predicted molar refractivity (Wildman–Crippen MR) is 98.2 cm³/mol. The van der Waals surface area contributed by atoms with Gasteiger partial charge in [-0.05, 0) is 35.4 Å². The largest absolute Gasteiger partial charge is 0.286 e. The van der Waals surface area contributed by atoms with Gasteiger partial charge in [-0.25, -0.2) is 4.98 Å². The maximum Gasteiger partial charge on any atom is 0.0926 e. The van der Waals surface area contributed by atoms with Crippen molar-refractivity contribution in [1.29, 1.82) is 0 Å². The first-order chi connectivity index (χ1) is 11.3. The molecule has 0 bridgehead atoms. The van der Waals surface area contributed by atoms with E-state index in [2.05, 4.69) is 59.0 Å². The van der Waals surface area contributed by atoms with Crippen LogP contribution in [0.4, 0.5) is 0 Å². The Morgan fingerprint density at radius 3 is 2.83 bits per heavy atom. The number of hydrogen-bond donors (Lipinski definition) is 0. The van der Waals surface area contributed by atoms with E-state index in [9.17, 15) is 0 Å². The van der Waals surface area contributed by atoms with Gasteiger partial charge in [0, 0.05) is 23.3 Å². The van der Waals surface area contributed by atoms with Crippen molar-refractivity contribution in [2.75, 3.05) is 6.54 Å². The first kappa shape index (κ1) is 15.1. The molecule has 1 aliphatic heterocycles. The van der Waals surface area contributed by atoms with Crippen molar-refractivity contribution < 1.29 is 0 Å². The quantitative estimate of drug-likeness (QED) is 0.670. The van der Waals surface area contributed by atoms with E-state index in [4.69, 9.17) is 4.98 Å². The maximum absolute atomic E-state index is 4.77. The Bertz CT molecular complexity index is 776. The fourth-order valence-electron chi connectivity index (χ4n) is 3.36. The molecule has 0 spiro atoms. The van der Waals surface area contributed by atoms with E-state index in [-0.39, 0.29) is 0 Å². The zero-order valence-corrected chi connectivity index (χ0v) is 14.9. The molecule has 0 unspecified atom stereocenters. The van der Waals surface area contributed by atoms with E-state index in [0.29, 0.717) is 6.04 Å². The van der Waals surface area contributed by atoms with Crippen LogP contribution in [0.15, 0.2) is 47.2 Å². The average molecular weight is 341 g/mol. The Balaban J connectivity index is 1.67. The molecule has 1 aliphatic rings. The molecule has 0 N–H and O–H groups in total. The lowest BCUT2D eigenvalue weighted by Crippen LogP contribution is -2.35. The molecule has 4 rings (SSSR count).